The number of rotatable bonds is 4. The van der Waals surface area contributed by atoms with Crippen molar-refractivity contribution in [3.8, 4) is 0 Å². The summed E-state index contributed by atoms with van der Waals surface area (Å²) in [5.41, 5.74) is 6.70. The Morgan fingerprint density at radius 2 is 2.16 bits per heavy atom. The summed E-state index contributed by atoms with van der Waals surface area (Å²) < 4.78 is 0. The molecule has 3 N–H and O–H groups in total. The van der Waals surface area contributed by atoms with Gasteiger partial charge in [0, 0.05) is 13.1 Å². The lowest BCUT2D eigenvalue weighted by atomic mass is 9.99. The third-order valence-corrected chi connectivity index (χ3v) is 3.57. The molecule has 1 saturated heterocycles. The molecule has 1 aliphatic rings. The molecule has 19 heavy (non-hydrogen) atoms. The van der Waals surface area contributed by atoms with Gasteiger partial charge in [-0.15, -0.1) is 0 Å². The molecule has 0 aromatic heterocycles. The van der Waals surface area contributed by atoms with Crippen LogP contribution in [0.3, 0.4) is 0 Å². The summed E-state index contributed by atoms with van der Waals surface area (Å²) >= 11 is 0. The number of hydrogen-bond acceptors (Lipinski definition) is 3. The van der Waals surface area contributed by atoms with E-state index in [2.05, 4.69) is 0 Å². The minimum absolute atomic E-state index is 0.395. The van der Waals surface area contributed by atoms with E-state index in [1.54, 1.807) is 0 Å². The van der Waals surface area contributed by atoms with E-state index in [0.29, 0.717) is 19.0 Å². The highest BCUT2D eigenvalue weighted by Crippen LogP contribution is 2.19. The van der Waals surface area contributed by atoms with E-state index in [1.165, 1.54) is 5.01 Å². The maximum absolute atomic E-state index is 11.5. The number of benzene rings is 1. The van der Waals surface area contributed by atoms with Crippen molar-refractivity contribution in [1.29, 1.82) is 0 Å². The minimum Gasteiger partial charge on any atom is -0.464 e. The number of carbonyl (C=O) groups is 1. The highest BCUT2D eigenvalue weighted by atomic mass is 16.4. The average Bonchev–Trinajstić information content (AvgIpc) is 2.45. The molecule has 1 aromatic carbocycles. The molecule has 2 rings (SSSR count). The monoisotopic (exact) mass is 263 g/mol. The smallest absolute Gasteiger partial charge is 0.422 e. The van der Waals surface area contributed by atoms with Gasteiger partial charge in [0.1, 0.15) is 0 Å². The molecule has 0 aliphatic carbocycles. The summed E-state index contributed by atoms with van der Waals surface area (Å²) in [6.07, 6.45) is 1.19. The first kappa shape index (κ1) is 13.8. The van der Waals surface area contributed by atoms with Gasteiger partial charge >= 0.3 is 6.09 Å². The standard InChI is InChI=1S/C14H21N3O2/c15-9-13-7-4-8-16(10-13)17(14(18)19)11-12-5-2-1-3-6-12/h1-3,5-6,13H,4,7-11,15H2,(H,18,19). The van der Waals surface area contributed by atoms with Gasteiger partial charge in [-0.25, -0.2) is 14.8 Å². The van der Waals surface area contributed by atoms with Gasteiger partial charge in [0.25, 0.3) is 0 Å². The number of piperidine rings is 1. The van der Waals surface area contributed by atoms with Gasteiger partial charge in [-0.1, -0.05) is 30.3 Å². The largest absolute Gasteiger partial charge is 0.464 e. The number of nitrogens with two attached hydrogens (primary N) is 1. The lowest BCUT2D eigenvalue weighted by Crippen LogP contribution is -2.51. The van der Waals surface area contributed by atoms with Crippen molar-refractivity contribution < 1.29 is 9.90 Å². The minimum atomic E-state index is -0.901. The van der Waals surface area contributed by atoms with Crippen LogP contribution in [-0.4, -0.2) is 40.9 Å². The Balaban J connectivity index is 2.05. The SMILES string of the molecule is NCC1CCCN(N(Cc2ccccc2)C(=O)O)C1. The molecule has 1 fully saturated rings. The number of carboxylic acid groups (broad SMARTS) is 1. The van der Waals surface area contributed by atoms with Crippen molar-refractivity contribution in [2.24, 2.45) is 11.7 Å². The molecule has 1 atom stereocenters. The van der Waals surface area contributed by atoms with E-state index < -0.39 is 6.09 Å². The Labute approximate surface area is 113 Å². The van der Waals surface area contributed by atoms with Gasteiger partial charge in [-0.2, -0.15) is 0 Å². The quantitative estimate of drug-likeness (QED) is 0.868. The Hall–Kier alpha value is -1.59. The maximum atomic E-state index is 11.5. The fraction of sp³-hybridized carbons (Fsp3) is 0.500. The first-order valence-electron chi connectivity index (χ1n) is 6.70. The predicted octanol–water partition coefficient (Wildman–Crippen LogP) is 1.75. The van der Waals surface area contributed by atoms with Crippen LogP contribution in [0.15, 0.2) is 30.3 Å². The highest BCUT2D eigenvalue weighted by molar-refractivity contribution is 5.64. The summed E-state index contributed by atoms with van der Waals surface area (Å²) in [6.45, 7) is 2.54. The van der Waals surface area contributed by atoms with E-state index >= 15 is 0 Å². The van der Waals surface area contributed by atoms with E-state index in [1.807, 2.05) is 35.3 Å². The molecule has 1 unspecified atom stereocenters. The van der Waals surface area contributed by atoms with Crippen molar-refractivity contribution in [2.45, 2.75) is 19.4 Å². The molecule has 104 valence electrons. The first-order valence-corrected chi connectivity index (χ1v) is 6.70. The summed E-state index contributed by atoms with van der Waals surface area (Å²) in [5.74, 6) is 0.395. The molecular weight excluding hydrogens is 242 g/mol. The Kier molecular flexibility index (Phi) is 4.76. The maximum Gasteiger partial charge on any atom is 0.422 e. The number of nitrogens with zero attached hydrogens (tertiary/aromatic N) is 2. The van der Waals surface area contributed by atoms with E-state index in [0.717, 1.165) is 31.5 Å². The molecule has 1 heterocycles. The van der Waals surface area contributed by atoms with Crippen LogP contribution in [0.25, 0.3) is 0 Å². The molecule has 5 heteroatoms. The van der Waals surface area contributed by atoms with Crippen molar-refractivity contribution in [1.82, 2.24) is 10.0 Å². The molecular formula is C14H21N3O2. The highest BCUT2D eigenvalue weighted by Gasteiger charge is 2.26. The zero-order chi connectivity index (χ0) is 13.7. The summed E-state index contributed by atoms with van der Waals surface area (Å²) in [6, 6.07) is 9.67. The Morgan fingerprint density at radius 1 is 1.42 bits per heavy atom. The van der Waals surface area contributed by atoms with E-state index in [9.17, 15) is 9.90 Å². The van der Waals surface area contributed by atoms with Gasteiger partial charge in [0.2, 0.25) is 0 Å². The lowest BCUT2D eigenvalue weighted by molar-refractivity contribution is -0.0417. The summed E-state index contributed by atoms with van der Waals surface area (Å²) in [4.78, 5) is 11.5. The van der Waals surface area contributed by atoms with Crippen LogP contribution in [0.2, 0.25) is 0 Å². The fourth-order valence-corrected chi connectivity index (χ4v) is 2.50. The van der Waals surface area contributed by atoms with Crippen LogP contribution in [0.4, 0.5) is 4.79 Å². The third-order valence-electron chi connectivity index (χ3n) is 3.57. The fourth-order valence-electron chi connectivity index (χ4n) is 2.50. The zero-order valence-corrected chi connectivity index (χ0v) is 11.0. The molecule has 5 nitrogen and oxygen atoms in total. The number of amides is 1. The van der Waals surface area contributed by atoms with Gasteiger partial charge in [0.15, 0.2) is 0 Å². The number of hydrogen-bond donors (Lipinski definition) is 2. The Bertz CT molecular complexity index is 410. The molecule has 1 aromatic rings. The zero-order valence-electron chi connectivity index (χ0n) is 11.0. The van der Waals surface area contributed by atoms with Crippen molar-refractivity contribution in [2.75, 3.05) is 19.6 Å². The van der Waals surface area contributed by atoms with Gasteiger partial charge in [-0.3, -0.25) is 0 Å². The van der Waals surface area contributed by atoms with Gasteiger partial charge in [0.05, 0.1) is 6.54 Å². The van der Waals surface area contributed by atoms with Crippen LogP contribution in [0.5, 0.6) is 0 Å². The second-order valence-electron chi connectivity index (χ2n) is 4.98. The second kappa shape index (κ2) is 6.54. The van der Waals surface area contributed by atoms with Crippen LogP contribution in [-0.2, 0) is 6.54 Å². The van der Waals surface area contributed by atoms with Gasteiger partial charge < -0.3 is 10.8 Å². The third kappa shape index (κ3) is 3.68. The lowest BCUT2D eigenvalue weighted by Gasteiger charge is -2.38. The molecule has 1 aliphatic heterocycles. The number of hydrazine groups is 1. The van der Waals surface area contributed by atoms with Crippen molar-refractivity contribution in [3.05, 3.63) is 35.9 Å². The predicted molar refractivity (Wildman–Crippen MR) is 73.4 cm³/mol. The molecule has 0 spiro atoms. The van der Waals surface area contributed by atoms with Gasteiger partial charge in [-0.05, 0) is 30.9 Å². The van der Waals surface area contributed by atoms with Crippen LogP contribution in [0.1, 0.15) is 18.4 Å². The average molecular weight is 263 g/mol. The van der Waals surface area contributed by atoms with E-state index in [4.69, 9.17) is 5.73 Å². The van der Waals surface area contributed by atoms with Crippen LogP contribution < -0.4 is 5.73 Å². The molecule has 0 radical (unpaired) electrons. The topological polar surface area (TPSA) is 69.8 Å². The van der Waals surface area contributed by atoms with Crippen molar-refractivity contribution >= 4 is 6.09 Å². The summed E-state index contributed by atoms with van der Waals surface area (Å²) in [5, 5.41) is 12.7. The normalized spacial score (nSPS) is 20.2. The summed E-state index contributed by atoms with van der Waals surface area (Å²) in [7, 11) is 0. The Morgan fingerprint density at radius 3 is 2.79 bits per heavy atom. The molecule has 1 amide bonds. The van der Waals surface area contributed by atoms with Crippen LogP contribution >= 0.6 is 0 Å². The van der Waals surface area contributed by atoms with Crippen molar-refractivity contribution in [3.63, 3.8) is 0 Å². The van der Waals surface area contributed by atoms with Crippen LogP contribution in [0, 0.1) is 5.92 Å². The first-order chi connectivity index (χ1) is 9.20. The molecule has 0 saturated carbocycles. The second-order valence-corrected chi connectivity index (χ2v) is 4.98. The molecule has 0 bridgehead atoms. The van der Waals surface area contributed by atoms with E-state index in [-0.39, 0.29) is 0 Å².